The van der Waals surface area contributed by atoms with E-state index < -0.39 is 0 Å². The summed E-state index contributed by atoms with van der Waals surface area (Å²) in [5.41, 5.74) is 0. The molecule has 0 radical (unpaired) electrons. The van der Waals surface area contributed by atoms with E-state index in [1.165, 1.54) is 6.42 Å². The van der Waals surface area contributed by atoms with E-state index in [-0.39, 0.29) is 5.91 Å². The summed E-state index contributed by atoms with van der Waals surface area (Å²) in [6, 6.07) is 0. The molecule has 94 valence electrons. The normalized spacial score (nSPS) is 21.2. The zero-order valence-corrected chi connectivity index (χ0v) is 11.0. The summed E-state index contributed by atoms with van der Waals surface area (Å²) in [6.45, 7) is 4.84. The highest BCUT2D eigenvalue weighted by Gasteiger charge is 2.22. The van der Waals surface area contributed by atoms with Gasteiger partial charge in [-0.2, -0.15) is 11.8 Å². The van der Waals surface area contributed by atoms with Gasteiger partial charge in [0.1, 0.15) is 0 Å². The van der Waals surface area contributed by atoms with Gasteiger partial charge in [-0.3, -0.25) is 4.79 Å². The van der Waals surface area contributed by atoms with E-state index in [1.54, 1.807) is 18.9 Å². The van der Waals surface area contributed by atoms with Gasteiger partial charge in [0.05, 0.1) is 12.4 Å². The van der Waals surface area contributed by atoms with Crippen molar-refractivity contribution in [3.8, 4) is 0 Å². The molecule has 0 aromatic carbocycles. The Kier molecular flexibility index (Phi) is 6.84. The van der Waals surface area contributed by atoms with Crippen molar-refractivity contribution < 1.29 is 9.53 Å². The van der Waals surface area contributed by atoms with Crippen LogP contribution >= 0.6 is 11.8 Å². The molecule has 0 saturated carbocycles. The molecule has 1 saturated heterocycles. The number of carbonyl (C=O) groups is 1. The predicted molar refractivity (Wildman–Crippen MR) is 67.8 cm³/mol. The van der Waals surface area contributed by atoms with Gasteiger partial charge in [-0.25, -0.2) is 0 Å². The number of methoxy groups -OCH3 is 1. The number of thioether (sulfide) groups is 1. The summed E-state index contributed by atoms with van der Waals surface area (Å²) in [4.78, 5) is 13.7. The maximum Gasteiger partial charge on any atom is 0.229 e. The second kappa shape index (κ2) is 7.92. The number of amides is 1. The van der Waals surface area contributed by atoms with Crippen LogP contribution < -0.4 is 5.32 Å². The number of nitrogens with zero attached hydrogens (tertiary/aromatic N) is 1. The molecule has 5 heteroatoms. The van der Waals surface area contributed by atoms with E-state index in [1.807, 2.05) is 6.26 Å². The number of nitrogens with one attached hydrogen (secondary N) is 1. The molecular weight excluding hydrogens is 224 g/mol. The highest BCUT2D eigenvalue weighted by molar-refractivity contribution is 7.99. The third kappa shape index (κ3) is 5.18. The van der Waals surface area contributed by atoms with Gasteiger partial charge in [0, 0.05) is 26.7 Å². The molecule has 0 aromatic heterocycles. The third-order valence-electron chi connectivity index (χ3n) is 2.84. The summed E-state index contributed by atoms with van der Waals surface area (Å²) in [7, 11) is 1.73. The third-order valence-corrected chi connectivity index (χ3v) is 3.40. The summed E-state index contributed by atoms with van der Waals surface area (Å²) >= 11 is 1.56. The van der Waals surface area contributed by atoms with Crippen molar-refractivity contribution >= 4 is 17.7 Å². The summed E-state index contributed by atoms with van der Waals surface area (Å²) < 4.78 is 5.05. The van der Waals surface area contributed by atoms with Gasteiger partial charge in [0.15, 0.2) is 0 Å². The van der Waals surface area contributed by atoms with Gasteiger partial charge in [0.2, 0.25) is 5.91 Å². The Bertz CT molecular complexity index is 214. The molecule has 1 aliphatic heterocycles. The Morgan fingerprint density at radius 2 is 2.44 bits per heavy atom. The average Bonchev–Trinajstić information content (AvgIpc) is 2.72. The minimum Gasteiger partial charge on any atom is -0.383 e. The molecule has 1 rings (SSSR count). The Hall–Kier alpha value is -0.260. The molecular formula is C11H22N2O2S. The van der Waals surface area contributed by atoms with Crippen LogP contribution in [0.4, 0.5) is 0 Å². The first-order valence-electron chi connectivity index (χ1n) is 5.73. The molecule has 1 N–H and O–H groups in total. The zero-order valence-electron chi connectivity index (χ0n) is 10.2. The fourth-order valence-corrected chi connectivity index (χ4v) is 2.31. The molecule has 0 spiro atoms. The number of rotatable bonds is 7. The van der Waals surface area contributed by atoms with E-state index in [0.29, 0.717) is 11.7 Å². The Balaban J connectivity index is 2.09. The lowest BCUT2D eigenvalue weighted by Crippen LogP contribution is -2.32. The van der Waals surface area contributed by atoms with Gasteiger partial charge < -0.3 is 15.0 Å². The highest BCUT2D eigenvalue weighted by Crippen LogP contribution is 2.14. The summed E-state index contributed by atoms with van der Waals surface area (Å²) in [5.74, 6) is 1.34. The molecule has 4 nitrogen and oxygen atoms in total. The van der Waals surface area contributed by atoms with E-state index in [4.69, 9.17) is 4.74 Å². The van der Waals surface area contributed by atoms with Crippen LogP contribution in [0.1, 0.15) is 6.42 Å². The van der Waals surface area contributed by atoms with Gasteiger partial charge in [-0.15, -0.1) is 0 Å². The van der Waals surface area contributed by atoms with E-state index in [0.717, 1.165) is 32.8 Å². The smallest absolute Gasteiger partial charge is 0.229 e. The quantitative estimate of drug-likeness (QED) is 0.707. The van der Waals surface area contributed by atoms with Gasteiger partial charge in [-0.05, 0) is 25.1 Å². The first kappa shape index (κ1) is 13.8. The number of likely N-dealkylation sites (tertiary alicyclic amines) is 1. The summed E-state index contributed by atoms with van der Waals surface area (Å²) in [6.07, 6.45) is 3.13. The Morgan fingerprint density at radius 3 is 3.12 bits per heavy atom. The SMILES string of the molecule is COCCN1CC[C@@H](CNC(=O)CSC)C1. The van der Waals surface area contributed by atoms with Crippen molar-refractivity contribution in [3.05, 3.63) is 0 Å². The minimum atomic E-state index is 0.155. The highest BCUT2D eigenvalue weighted by atomic mass is 32.2. The maximum absolute atomic E-state index is 11.3. The summed E-state index contributed by atoms with van der Waals surface area (Å²) in [5, 5.41) is 2.98. The minimum absolute atomic E-state index is 0.155. The van der Waals surface area contributed by atoms with Crippen molar-refractivity contribution in [1.82, 2.24) is 10.2 Å². The van der Waals surface area contributed by atoms with Crippen molar-refractivity contribution in [2.24, 2.45) is 5.92 Å². The van der Waals surface area contributed by atoms with Crippen LogP contribution in [-0.4, -0.2) is 62.7 Å². The molecule has 0 aromatic rings. The topological polar surface area (TPSA) is 41.6 Å². The largest absolute Gasteiger partial charge is 0.383 e. The van der Waals surface area contributed by atoms with Crippen LogP contribution in [0, 0.1) is 5.92 Å². The molecule has 0 unspecified atom stereocenters. The fraction of sp³-hybridized carbons (Fsp3) is 0.909. The molecule has 1 amide bonds. The molecule has 1 atom stereocenters. The molecule has 0 aliphatic carbocycles. The Labute approximate surface area is 102 Å². The van der Waals surface area contributed by atoms with Crippen LogP contribution in [0.5, 0.6) is 0 Å². The molecule has 0 bridgehead atoms. The first-order chi connectivity index (χ1) is 7.76. The standard InChI is InChI=1S/C11H22N2O2S/c1-15-6-5-13-4-3-10(8-13)7-12-11(14)9-16-2/h10H,3-9H2,1-2H3,(H,12,14)/t10-/m0/s1. The lowest BCUT2D eigenvalue weighted by molar-refractivity contribution is -0.118. The zero-order chi connectivity index (χ0) is 11.8. The van der Waals surface area contributed by atoms with Crippen LogP contribution in [0.15, 0.2) is 0 Å². The monoisotopic (exact) mass is 246 g/mol. The Morgan fingerprint density at radius 1 is 1.62 bits per heavy atom. The van der Waals surface area contributed by atoms with Crippen molar-refractivity contribution in [3.63, 3.8) is 0 Å². The predicted octanol–water partition coefficient (Wildman–Crippen LogP) is 0.434. The second-order valence-electron chi connectivity index (χ2n) is 4.19. The molecule has 16 heavy (non-hydrogen) atoms. The first-order valence-corrected chi connectivity index (χ1v) is 7.12. The second-order valence-corrected chi connectivity index (χ2v) is 5.05. The van der Waals surface area contributed by atoms with Crippen molar-refractivity contribution in [1.29, 1.82) is 0 Å². The number of hydrogen-bond acceptors (Lipinski definition) is 4. The van der Waals surface area contributed by atoms with Gasteiger partial charge >= 0.3 is 0 Å². The van der Waals surface area contributed by atoms with Gasteiger partial charge in [0.25, 0.3) is 0 Å². The number of ether oxygens (including phenoxy) is 1. The van der Waals surface area contributed by atoms with E-state index >= 15 is 0 Å². The van der Waals surface area contributed by atoms with Crippen LogP contribution in [-0.2, 0) is 9.53 Å². The maximum atomic E-state index is 11.3. The molecule has 1 aliphatic rings. The molecule has 1 fully saturated rings. The van der Waals surface area contributed by atoms with Crippen molar-refractivity contribution in [2.45, 2.75) is 6.42 Å². The average molecular weight is 246 g/mol. The lowest BCUT2D eigenvalue weighted by Gasteiger charge is -2.15. The van der Waals surface area contributed by atoms with E-state index in [9.17, 15) is 4.79 Å². The van der Waals surface area contributed by atoms with Gasteiger partial charge in [-0.1, -0.05) is 0 Å². The van der Waals surface area contributed by atoms with E-state index in [2.05, 4.69) is 10.2 Å². The van der Waals surface area contributed by atoms with Crippen LogP contribution in [0.3, 0.4) is 0 Å². The number of hydrogen-bond donors (Lipinski definition) is 1. The molecule has 1 heterocycles. The lowest BCUT2D eigenvalue weighted by atomic mass is 10.1. The van der Waals surface area contributed by atoms with Crippen LogP contribution in [0.2, 0.25) is 0 Å². The fourth-order valence-electron chi connectivity index (χ4n) is 1.94. The van der Waals surface area contributed by atoms with Crippen LogP contribution in [0.25, 0.3) is 0 Å². The number of carbonyl (C=O) groups excluding carboxylic acids is 1. The van der Waals surface area contributed by atoms with Crippen molar-refractivity contribution in [2.75, 3.05) is 51.9 Å².